The first-order valence-electron chi connectivity index (χ1n) is 25.6. The van der Waals surface area contributed by atoms with Gasteiger partial charge >= 0.3 is 11.9 Å². The van der Waals surface area contributed by atoms with Gasteiger partial charge in [0.1, 0.15) is 42.1 Å². The van der Waals surface area contributed by atoms with Crippen molar-refractivity contribution in [3.05, 3.63) is 76.3 Å². The highest BCUT2D eigenvalue weighted by Crippen LogP contribution is 2.45. The maximum Gasteiger partial charge on any atom is 0.333 e. The van der Waals surface area contributed by atoms with Crippen LogP contribution in [0.25, 0.3) is 0 Å². The fraction of sp³-hybridized carbons (Fsp3) is 0.556. The van der Waals surface area contributed by atoms with Crippen LogP contribution < -0.4 is 36.6 Å². The summed E-state index contributed by atoms with van der Waals surface area (Å²) in [6.07, 6.45) is 1.34. The van der Waals surface area contributed by atoms with E-state index >= 15 is 0 Å². The molecule has 2 aromatic rings. The molecule has 3 heterocycles. The number of hydrogen-bond donors (Lipinski definition) is 6. The minimum absolute atomic E-state index is 0.00390. The quantitative estimate of drug-likeness (QED) is 0.0626. The topological polar surface area (TPSA) is 286 Å². The van der Waals surface area contributed by atoms with E-state index in [4.69, 9.17) is 30.6 Å². The number of epoxide rings is 1. The van der Waals surface area contributed by atoms with Gasteiger partial charge in [0.15, 0.2) is 0 Å². The number of esters is 1. The van der Waals surface area contributed by atoms with Crippen molar-refractivity contribution in [2.45, 2.75) is 156 Å². The van der Waals surface area contributed by atoms with Gasteiger partial charge in [-0.3, -0.25) is 38.4 Å². The average molecular weight is 1080 g/mol. The van der Waals surface area contributed by atoms with Crippen LogP contribution in [0.5, 0.6) is 5.75 Å². The Labute approximate surface area is 447 Å². The summed E-state index contributed by atoms with van der Waals surface area (Å²) in [5.74, 6) is -6.15. The second kappa shape index (κ2) is 27.3. The van der Waals surface area contributed by atoms with Gasteiger partial charge in [-0.25, -0.2) is 9.59 Å². The SMILES string of the molecule is COc1ccc(C[C@H]2NC(=O)/C=C/C[C@@H]([C@H](C)[C@H]3O[C@@H]3c3ccc(CNC(=O)C(C)NC(=O)[C@@H](NC(=O)CCCC(=O)ON4C(=O)CCC4=O)C(C)C)cc3)OC(=O)[C@H](CC(C)C)NC(=O)C(C)(C)CNC2=O)cc1Cl. The molecule has 0 radical (unpaired) electrons. The Kier molecular flexibility index (Phi) is 21.5. The summed E-state index contributed by atoms with van der Waals surface area (Å²) in [4.78, 5) is 134. The molecule has 8 atom stereocenters. The van der Waals surface area contributed by atoms with Crippen molar-refractivity contribution in [3.63, 3.8) is 0 Å². The highest BCUT2D eigenvalue weighted by atomic mass is 35.5. The number of amides is 8. The van der Waals surface area contributed by atoms with Crippen LogP contribution in [0.15, 0.2) is 54.6 Å². The number of imide groups is 1. The van der Waals surface area contributed by atoms with Crippen molar-refractivity contribution in [3.8, 4) is 5.75 Å². The molecule has 1 unspecified atom stereocenters. The lowest BCUT2D eigenvalue weighted by Crippen LogP contribution is -2.54. The molecule has 0 aliphatic carbocycles. The molecule has 414 valence electrons. The standard InChI is InChI=1S/C54H72ClN7O14/c1-29(2)24-38-52(71)74-39(12-10-13-41(63)59-37(26-34-18-21-40(73-9)36(55)25-34)50(69)57-28-54(7,8)53(72)60-38)31(5)47-48(75-47)35-19-16-33(17-20-35)27-56-49(68)32(6)58-51(70)46(30(3)4)61-42(64)14-11-15-45(67)76-62-43(65)22-23-44(62)66/h10,13,16-21,25,29-32,37-39,46-48H,11-12,14-15,22-24,26-28H2,1-9H3,(H,56,68)(H,57,69)(H,58,70)(H,59,63)(H,60,72)(H,61,64)/b13-10+/t31-,32?,37+,38-,39-,46-,47+,48+/m0/s1. The van der Waals surface area contributed by atoms with Crippen LogP contribution in [-0.4, -0.2) is 114 Å². The van der Waals surface area contributed by atoms with E-state index in [9.17, 15) is 47.9 Å². The Morgan fingerprint density at radius 1 is 0.855 bits per heavy atom. The molecule has 2 saturated heterocycles. The molecule has 3 aliphatic rings. The molecule has 0 aromatic heterocycles. The lowest BCUT2D eigenvalue weighted by atomic mass is 9.90. The number of methoxy groups -OCH3 is 1. The molecule has 0 spiro atoms. The second-order valence-corrected chi connectivity index (χ2v) is 21.3. The van der Waals surface area contributed by atoms with Gasteiger partial charge in [-0.1, -0.05) is 82.6 Å². The predicted octanol–water partition coefficient (Wildman–Crippen LogP) is 3.74. The number of rotatable bonds is 20. The monoisotopic (exact) mass is 1080 g/mol. The van der Waals surface area contributed by atoms with Crippen LogP contribution in [0.3, 0.4) is 0 Å². The Morgan fingerprint density at radius 3 is 2.16 bits per heavy atom. The summed E-state index contributed by atoms with van der Waals surface area (Å²) in [6, 6.07) is 8.40. The zero-order chi connectivity index (χ0) is 56.0. The largest absolute Gasteiger partial charge is 0.495 e. The van der Waals surface area contributed by atoms with Crippen LogP contribution in [0.1, 0.15) is 123 Å². The summed E-state index contributed by atoms with van der Waals surface area (Å²) in [7, 11) is 1.49. The number of nitrogens with one attached hydrogen (secondary N) is 6. The van der Waals surface area contributed by atoms with Crippen molar-refractivity contribution in [2.24, 2.45) is 23.2 Å². The van der Waals surface area contributed by atoms with Crippen molar-refractivity contribution >= 4 is 70.8 Å². The molecule has 2 fully saturated rings. The van der Waals surface area contributed by atoms with Crippen LogP contribution in [0.4, 0.5) is 0 Å². The van der Waals surface area contributed by atoms with E-state index in [1.807, 2.05) is 45.0 Å². The summed E-state index contributed by atoms with van der Waals surface area (Å²) in [5, 5.41) is 17.3. The molecule has 21 nitrogen and oxygen atoms in total. The first-order chi connectivity index (χ1) is 35.9. The number of carbonyl (C=O) groups is 10. The van der Waals surface area contributed by atoms with Gasteiger partial charge in [-0.15, -0.1) is 5.06 Å². The number of hydrogen-bond acceptors (Lipinski definition) is 14. The fourth-order valence-electron chi connectivity index (χ4n) is 8.48. The van der Waals surface area contributed by atoms with Gasteiger partial charge in [0.05, 0.1) is 23.7 Å². The van der Waals surface area contributed by atoms with Crippen molar-refractivity contribution < 1.29 is 67.0 Å². The highest BCUT2D eigenvalue weighted by Gasteiger charge is 2.48. The summed E-state index contributed by atoms with van der Waals surface area (Å²) < 4.78 is 17.6. The van der Waals surface area contributed by atoms with Crippen molar-refractivity contribution in [2.75, 3.05) is 13.7 Å². The van der Waals surface area contributed by atoms with Gasteiger partial charge in [-0.05, 0) is 80.3 Å². The molecule has 5 rings (SSSR count). The number of cyclic esters (lactones) is 1. The third kappa shape index (κ3) is 17.3. The number of carbonyl (C=O) groups excluding carboxylic acids is 10. The van der Waals surface area contributed by atoms with E-state index in [-0.39, 0.29) is 82.4 Å². The number of hydroxylamine groups is 2. The van der Waals surface area contributed by atoms with E-state index < -0.39 is 107 Å². The molecule has 2 aromatic carbocycles. The minimum Gasteiger partial charge on any atom is -0.495 e. The van der Waals surface area contributed by atoms with Crippen LogP contribution in [0.2, 0.25) is 5.02 Å². The van der Waals surface area contributed by atoms with Gasteiger partial charge in [0.25, 0.3) is 11.8 Å². The molecule has 3 aliphatic heterocycles. The fourth-order valence-corrected chi connectivity index (χ4v) is 8.76. The van der Waals surface area contributed by atoms with Gasteiger partial charge in [0, 0.05) is 57.5 Å². The van der Waals surface area contributed by atoms with Gasteiger partial charge in [-0.2, -0.15) is 0 Å². The zero-order valence-corrected chi connectivity index (χ0v) is 45.3. The van der Waals surface area contributed by atoms with Crippen molar-refractivity contribution in [1.82, 2.24) is 37.0 Å². The zero-order valence-electron chi connectivity index (χ0n) is 44.6. The van der Waals surface area contributed by atoms with Crippen LogP contribution >= 0.6 is 11.6 Å². The van der Waals surface area contributed by atoms with Gasteiger partial charge < -0.3 is 50.9 Å². The summed E-state index contributed by atoms with van der Waals surface area (Å²) in [5.41, 5.74) is 1.06. The molecule has 22 heteroatoms. The van der Waals surface area contributed by atoms with Crippen LogP contribution in [0, 0.1) is 23.2 Å². The number of benzene rings is 2. The predicted molar refractivity (Wildman–Crippen MR) is 276 cm³/mol. The highest BCUT2D eigenvalue weighted by molar-refractivity contribution is 6.32. The second-order valence-electron chi connectivity index (χ2n) is 20.9. The molecule has 0 bridgehead atoms. The van der Waals surface area contributed by atoms with E-state index in [1.165, 1.54) is 20.1 Å². The van der Waals surface area contributed by atoms with E-state index in [1.54, 1.807) is 52.0 Å². The third-order valence-electron chi connectivity index (χ3n) is 13.2. The summed E-state index contributed by atoms with van der Waals surface area (Å²) >= 11 is 6.38. The Hall–Kier alpha value is -6.87. The lowest BCUT2D eigenvalue weighted by Gasteiger charge is -2.30. The molecule has 0 saturated carbocycles. The Bertz CT molecular complexity index is 2500. The molecule has 6 N–H and O–H groups in total. The molecular formula is C54H72ClN7O14. The maximum atomic E-state index is 14.0. The van der Waals surface area contributed by atoms with E-state index in [2.05, 4.69) is 31.9 Å². The molecule has 8 amide bonds. The van der Waals surface area contributed by atoms with E-state index in [0.29, 0.717) is 21.4 Å². The Balaban J connectivity index is 1.17. The average Bonchev–Trinajstić information content (AvgIpc) is 4.11. The lowest BCUT2D eigenvalue weighted by molar-refractivity contribution is -0.197. The number of halogens is 1. The smallest absolute Gasteiger partial charge is 0.333 e. The summed E-state index contributed by atoms with van der Waals surface area (Å²) in [6.45, 7) is 14.0. The minimum atomic E-state index is -1.17. The maximum absolute atomic E-state index is 14.0. The molecule has 76 heavy (non-hydrogen) atoms. The number of nitrogens with zero attached hydrogens (tertiary/aromatic N) is 1. The third-order valence-corrected chi connectivity index (χ3v) is 13.5. The first-order valence-corrected chi connectivity index (χ1v) is 26.0. The normalized spacial score (nSPS) is 22.8. The van der Waals surface area contributed by atoms with Crippen molar-refractivity contribution in [1.29, 1.82) is 0 Å². The van der Waals surface area contributed by atoms with E-state index in [0.717, 1.165) is 11.1 Å². The van der Waals surface area contributed by atoms with Gasteiger partial charge in [0.2, 0.25) is 35.4 Å². The Morgan fingerprint density at radius 2 is 1.53 bits per heavy atom. The molecular weight excluding hydrogens is 1010 g/mol. The van der Waals surface area contributed by atoms with Crippen LogP contribution in [-0.2, 0) is 75.2 Å². The number of ether oxygens (including phenoxy) is 3. The first kappa shape index (κ1) is 60.0.